The zero-order valence-corrected chi connectivity index (χ0v) is 6.73. The Bertz CT molecular complexity index is 116. The van der Waals surface area contributed by atoms with Gasteiger partial charge in [-0.25, -0.2) is 0 Å². The highest BCUT2D eigenvalue weighted by atomic mass is 16.7. The van der Waals surface area contributed by atoms with Crippen LogP contribution >= 0.6 is 0 Å². The van der Waals surface area contributed by atoms with Gasteiger partial charge in [0.2, 0.25) is 0 Å². The van der Waals surface area contributed by atoms with Gasteiger partial charge in [-0.1, -0.05) is 6.92 Å². The minimum absolute atomic E-state index is 0.0173. The molecule has 1 aliphatic rings. The van der Waals surface area contributed by atoms with E-state index in [-0.39, 0.29) is 12.2 Å². The summed E-state index contributed by atoms with van der Waals surface area (Å²) in [6.07, 6.45) is -1.66. The van der Waals surface area contributed by atoms with Crippen molar-refractivity contribution in [3.05, 3.63) is 0 Å². The van der Waals surface area contributed by atoms with E-state index in [1.165, 1.54) is 7.11 Å². The van der Waals surface area contributed by atoms with E-state index < -0.39 is 12.4 Å². The molecule has 1 unspecified atom stereocenters. The van der Waals surface area contributed by atoms with Crippen LogP contribution in [0.1, 0.15) is 13.3 Å². The summed E-state index contributed by atoms with van der Waals surface area (Å²) in [5.74, 6) is 0.0173. The normalized spacial score (nSPS) is 45.8. The summed E-state index contributed by atoms with van der Waals surface area (Å²) in [4.78, 5) is 0. The molecule has 0 aromatic carbocycles. The highest BCUT2D eigenvalue weighted by Crippen LogP contribution is 2.23. The first kappa shape index (κ1) is 8.93. The third-order valence-electron chi connectivity index (χ3n) is 1.99. The summed E-state index contributed by atoms with van der Waals surface area (Å²) >= 11 is 0. The Labute approximate surface area is 65.7 Å². The van der Waals surface area contributed by atoms with E-state index in [2.05, 4.69) is 0 Å². The molecule has 4 nitrogen and oxygen atoms in total. The predicted molar refractivity (Wildman–Crippen MR) is 37.7 cm³/mol. The largest absolute Gasteiger partial charge is 0.388 e. The first-order chi connectivity index (χ1) is 5.15. The Morgan fingerprint density at radius 3 is 2.55 bits per heavy atom. The summed E-state index contributed by atoms with van der Waals surface area (Å²) in [6, 6.07) is 0. The van der Waals surface area contributed by atoms with E-state index in [9.17, 15) is 5.11 Å². The molecule has 0 amide bonds. The van der Waals surface area contributed by atoms with E-state index in [1.807, 2.05) is 6.92 Å². The van der Waals surface area contributed by atoms with Crippen molar-refractivity contribution in [2.24, 2.45) is 5.92 Å². The van der Waals surface area contributed by atoms with E-state index in [4.69, 9.17) is 14.6 Å². The fraction of sp³-hybridized carbons (Fsp3) is 1.00. The summed E-state index contributed by atoms with van der Waals surface area (Å²) < 4.78 is 9.79. The second-order valence-corrected chi connectivity index (χ2v) is 2.90. The molecular weight excluding hydrogens is 148 g/mol. The zero-order chi connectivity index (χ0) is 8.43. The molecule has 1 aliphatic heterocycles. The number of ether oxygens (including phenoxy) is 2. The zero-order valence-electron chi connectivity index (χ0n) is 6.73. The van der Waals surface area contributed by atoms with E-state index in [1.54, 1.807) is 0 Å². The molecule has 66 valence electrons. The fourth-order valence-corrected chi connectivity index (χ4v) is 1.17. The second kappa shape index (κ2) is 3.49. The van der Waals surface area contributed by atoms with E-state index in [0.717, 1.165) is 0 Å². The second-order valence-electron chi connectivity index (χ2n) is 2.90. The van der Waals surface area contributed by atoms with Gasteiger partial charge in [0, 0.05) is 13.5 Å². The molecule has 1 rings (SSSR count). The number of aliphatic hydroxyl groups excluding tert-OH is 2. The van der Waals surface area contributed by atoms with Crippen molar-refractivity contribution in [2.75, 3.05) is 7.11 Å². The topological polar surface area (TPSA) is 58.9 Å². The number of methoxy groups -OCH3 is 1. The molecule has 0 aliphatic carbocycles. The molecule has 0 spiro atoms. The van der Waals surface area contributed by atoms with Crippen LogP contribution in [0.3, 0.4) is 0 Å². The van der Waals surface area contributed by atoms with Gasteiger partial charge in [-0.2, -0.15) is 0 Å². The molecule has 4 atom stereocenters. The average Bonchev–Trinajstić information content (AvgIpc) is 1.99. The minimum atomic E-state index is -1.11. The van der Waals surface area contributed by atoms with Crippen LogP contribution in [-0.4, -0.2) is 36.0 Å². The molecule has 0 aromatic heterocycles. The van der Waals surface area contributed by atoms with Gasteiger partial charge in [-0.15, -0.1) is 0 Å². The lowest BCUT2D eigenvalue weighted by Gasteiger charge is -2.34. The van der Waals surface area contributed by atoms with Crippen LogP contribution in [0.4, 0.5) is 0 Å². The van der Waals surface area contributed by atoms with Crippen molar-refractivity contribution < 1.29 is 19.7 Å². The number of hydrogen-bond acceptors (Lipinski definition) is 4. The van der Waals surface area contributed by atoms with Crippen LogP contribution in [0, 0.1) is 5.92 Å². The van der Waals surface area contributed by atoms with Gasteiger partial charge < -0.3 is 19.7 Å². The predicted octanol–water partition coefficient (Wildman–Crippen LogP) is -0.305. The van der Waals surface area contributed by atoms with Gasteiger partial charge >= 0.3 is 0 Å². The quantitative estimate of drug-likeness (QED) is 0.555. The lowest BCUT2D eigenvalue weighted by molar-refractivity contribution is -0.289. The van der Waals surface area contributed by atoms with Gasteiger partial charge in [0.25, 0.3) is 0 Å². The van der Waals surface area contributed by atoms with Crippen LogP contribution in [0.25, 0.3) is 0 Å². The Hall–Kier alpha value is -0.160. The van der Waals surface area contributed by atoms with Crippen molar-refractivity contribution in [1.82, 2.24) is 0 Å². The highest BCUT2D eigenvalue weighted by molar-refractivity contribution is 4.73. The van der Waals surface area contributed by atoms with Gasteiger partial charge in [0.1, 0.15) is 6.10 Å². The Morgan fingerprint density at radius 1 is 1.45 bits per heavy atom. The molecule has 0 bridgehead atoms. The van der Waals surface area contributed by atoms with Crippen molar-refractivity contribution >= 4 is 0 Å². The van der Waals surface area contributed by atoms with E-state index in [0.29, 0.717) is 6.42 Å². The van der Waals surface area contributed by atoms with Gasteiger partial charge in [0.05, 0.1) is 0 Å². The Kier molecular flexibility index (Phi) is 2.84. The van der Waals surface area contributed by atoms with Crippen LogP contribution < -0.4 is 0 Å². The Morgan fingerprint density at radius 2 is 2.09 bits per heavy atom. The van der Waals surface area contributed by atoms with Gasteiger partial charge in [-0.05, 0) is 5.92 Å². The molecule has 11 heavy (non-hydrogen) atoms. The molecule has 1 heterocycles. The average molecular weight is 162 g/mol. The molecule has 4 heteroatoms. The summed E-state index contributed by atoms with van der Waals surface area (Å²) in [6.45, 7) is 1.85. The lowest BCUT2D eigenvalue weighted by Crippen LogP contribution is -2.44. The third-order valence-corrected chi connectivity index (χ3v) is 1.99. The van der Waals surface area contributed by atoms with Crippen molar-refractivity contribution in [1.29, 1.82) is 0 Å². The summed E-state index contributed by atoms with van der Waals surface area (Å²) in [5.41, 5.74) is 0. The molecule has 0 saturated carbocycles. The number of rotatable bonds is 1. The Balaban J connectivity index is 2.47. The number of hydrogen-bond donors (Lipinski definition) is 2. The molecule has 1 saturated heterocycles. The van der Waals surface area contributed by atoms with Gasteiger partial charge in [0.15, 0.2) is 12.6 Å². The first-order valence-electron chi connectivity index (χ1n) is 3.69. The highest BCUT2D eigenvalue weighted by Gasteiger charge is 2.33. The summed E-state index contributed by atoms with van der Waals surface area (Å²) in [7, 11) is 1.52. The molecule has 1 fully saturated rings. The maximum Gasteiger partial charge on any atom is 0.184 e. The third kappa shape index (κ3) is 1.90. The van der Waals surface area contributed by atoms with Crippen LogP contribution in [-0.2, 0) is 9.47 Å². The maximum atomic E-state index is 9.23. The summed E-state index contributed by atoms with van der Waals surface area (Å²) in [5, 5.41) is 18.3. The van der Waals surface area contributed by atoms with Crippen LogP contribution in [0.2, 0.25) is 0 Å². The first-order valence-corrected chi connectivity index (χ1v) is 3.69. The van der Waals surface area contributed by atoms with Crippen LogP contribution in [0.15, 0.2) is 0 Å². The molecule has 2 N–H and O–H groups in total. The molecule has 0 aromatic rings. The minimum Gasteiger partial charge on any atom is -0.388 e. The standard InChI is InChI=1S/C7H14O4/c1-4-3-5(10-2)11-7(9)6(4)8/h4-9H,3H2,1-2H3/t4-,5+,6?,7+/m0/s1. The SMILES string of the molecule is CO[C@H]1C[C@H](C)C(O)[C@H](O)O1. The van der Waals surface area contributed by atoms with Crippen molar-refractivity contribution in [3.63, 3.8) is 0 Å². The lowest BCUT2D eigenvalue weighted by atomic mass is 9.98. The van der Waals surface area contributed by atoms with Crippen molar-refractivity contribution in [3.8, 4) is 0 Å². The number of aliphatic hydroxyl groups is 2. The van der Waals surface area contributed by atoms with Gasteiger partial charge in [-0.3, -0.25) is 0 Å². The maximum absolute atomic E-state index is 9.23. The molecule has 0 radical (unpaired) electrons. The van der Waals surface area contributed by atoms with Crippen LogP contribution in [0.5, 0.6) is 0 Å². The smallest absolute Gasteiger partial charge is 0.184 e. The van der Waals surface area contributed by atoms with E-state index >= 15 is 0 Å². The van der Waals surface area contributed by atoms with Crippen molar-refractivity contribution in [2.45, 2.75) is 32.0 Å². The fourth-order valence-electron chi connectivity index (χ4n) is 1.17. The molecular formula is C7H14O4. The monoisotopic (exact) mass is 162 g/mol.